The largest absolute Gasteiger partial charge is 0.445 e. The van der Waals surface area contributed by atoms with Gasteiger partial charge in [-0.05, 0) is 23.9 Å². The van der Waals surface area contributed by atoms with E-state index < -0.39 is 18.2 Å². The minimum absolute atomic E-state index is 0.179. The normalized spacial score (nSPS) is 22.0. The second kappa shape index (κ2) is 7.52. The number of hydrogen-bond donors (Lipinski definition) is 1. The van der Waals surface area contributed by atoms with Gasteiger partial charge in [-0.15, -0.1) is 0 Å². The van der Waals surface area contributed by atoms with Crippen LogP contribution in [0.15, 0.2) is 35.4 Å². The van der Waals surface area contributed by atoms with E-state index in [4.69, 9.17) is 10.3 Å². The smallest absolute Gasteiger partial charge is 0.410 e. The van der Waals surface area contributed by atoms with Gasteiger partial charge in [0.25, 0.3) is 0 Å². The zero-order chi connectivity index (χ0) is 15.1. The Morgan fingerprint density at radius 2 is 2.24 bits per heavy atom. The average molecular weight is 290 g/mol. The Morgan fingerprint density at radius 3 is 2.95 bits per heavy atom. The van der Waals surface area contributed by atoms with Crippen LogP contribution in [0.3, 0.4) is 0 Å². The number of nitrogens with zero attached hydrogens (tertiary/aromatic N) is 4. The molecule has 1 aliphatic heterocycles. The van der Waals surface area contributed by atoms with Gasteiger partial charge in [-0.2, -0.15) is 0 Å². The number of amides is 1. The second-order valence-electron chi connectivity index (χ2n) is 4.97. The van der Waals surface area contributed by atoms with Crippen molar-refractivity contribution in [1.29, 1.82) is 0 Å². The summed E-state index contributed by atoms with van der Waals surface area (Å²) in [7, 11) is 0. The fourth-order valence-corrected chi connectivity index (χ4v) is 2.28. The molecule has 1 saturated heterocycles. The first-order chi connectivity index (χ1) is 10.2. The molecule has 0 aromatic heterocycles. The highest BCUT2D eigenvalue weighted by atomic mass is 16.6. The van der Waals surface area contributed by atoms with Gasteiger partial charge in [-0.25, -0.2) is 4.79 Å². The number of aliphatic hydroxyl groups is 1. The van der Waals surface area contributed by atoms with Crippen LogP contribution < -0.4 is 0 Å². The van der Waals surface area contributed by atoms with E-state index in [9.17, 15) is 9.90 Å². The van der Waals surface area contributed by atoms with Crippen molar-refractivity contribution in [3.8, 4) is 0 Å². The zero-order valence-corrected chi connectivity index (χ0v) is 11.6. The van der Waals surface area contributed by atoms with Crippen LogP contribution in [0.5, 0.6) is 0 Å². The molecule has 1 aromatic carbocycles. The summed E-state index contributed by atoms with van der Waals surface area (Å²) in [6.45, 7) is 0.867. The molecule has 7 nitrogen and oxygen atoms in total. The molecule has 1 aliphatic rings. The SMILES string of the molecule is [N-]=[N+]=N[C@H]1CN(C(=O)OCc2ccccc2)CCC[C@H]1O. The number of aliphatic hydroxyl groups excluding tert-OH is 1. The maximum atomic E-state index is 12.1. The maximum Gasteiger partial charge on any atom is 0.410 e. The van der Waals surface area contributed by atoms with Gasteiger partial charge in [0.2, 0.25) is 0 Å². The number of azide groups is 1. The summed E-state index contributed by atoms with van der Waals surface area (Å²) in [4.78, 5) is 16.3. The van der Waals surface area contributed by atoms with E-state index in [1.54, 1.807) is 0 Å². The van der Waals surface area contributed by atoms with E-state index in [-0.39, 0.29) is 13.2 Å². The Kier molecular flexibility index (Phi) is 5.43. The highest BCUT2D eigenvalue weighted by Crippen LogP contribution is 2.16. The van der Waals surface area contributed by atoms with Crippen LogP contribution in [0.25, 0.3) is 10.4 Å². The third-order valence-electron chi connectivity index (χ3n) is 3.44. The minimum atomic E-state index is -0.715. The highest BCUT2D eigenvalue weighted by molar-refractivity contribution is 5.67. The van der Waals surface area contributed by atoms with Crippen molar-refractivity contribution in [3.05, 3.63) is 46.3 Å². The Hall–Kier alpha value is -2.24. The van der Waals surface area contributed by atoms with Gasteiger partial charge in [-0.3, -0.25) is 0 Å². The molecular formula is C14H18N4O3. The Balaban J connectivity index is 1.93. The summed E-state index contributed by atoms with van der Waals surface area (Å²) in [5.41, 5.74) is 9.43. The van der Waals surface area contributed by atoms with Crippen molar-refractivity contribution in [2.24, 2.45) is 5.11 Å². The van der Waals surface area contributed by atoms with Crippen molar-refractivity contribution in [2.45, 2.75) is 31.6 Å². The molecule has 0 saturated carbocycles. The van der Waals surface area contributed by atoms with Gasteiger partial charge in [0.15, 0.2) is 0 Å². The molecule has 7 heteroatoms. The van der Waals surface area contributed by atoms with Gasteiger partial charge in [0, 0.05) is 18.0 Å². The van der Waals surface area contributed by atoms with E-state index >= 15 is 0 Å². The third-order valence-corrected chi connectivity index (χ3v) is 3.44. The minimum Gasteiger partial charge on any atom is -0.445 e. The Labute approximate surface area is 122 Å². The average Bonchev–Trinajstić information content (AvgIpc) is 2.69. The van der Waals surface area contributed by atoms with Gasteiger partial charge in [0.05, 0.1) is 12.1 Å². The number of carbonyl (C=O) groups excluding carboxylic acids is 1. The predicted molar refractivity (Wildman–Crippen MR) is 76.4 cm³/mol. The topological polar surface area (TPSA) is 98.5 Å². The highest BCUT2D eigenvalue weighted by Gasteiger charge is 2.28. The van der Waals surface area contributed by atoms with Crippen LogP contribution in [0.2, 0.25) is 0 Å². The molecule has 21 heavy (non-hydrogen) atoms. The lowest BCUT2D eigenvalue weighted by atomic mass is 10.1. The molecule has 0 unspecified atom stereocenters. The van der Waals surface area contributed by atoms with Crippen molar-refractivity contribution in [3.63, 3.8) is 0 Å². The monoisotopic (exact) mass is 290 g/mol. The van der Waals surface area contributed by atoms with Crippen molar-refractivity contribution >= 4 is 6.09 Å². The number of ether oxygens (including phenoxy) is 1. The molecule has 2 atom stereocenters. The molecular weight excluding hydrogens is 272 g/mol. The fourth-order valence-electron chi connectivity index (χ4n) is 2.28. The van der Waals surface area contributed by atoms with E-state index in [1.807, 2.05) is 30.3 Å². The molecule has 1 amide bonds. The summed E-state index contributed by atoms with van der Waals surface area (Å²) < 4.78 is 5.26. The lowest BCUT2D eigenvalue weighted by molar-refractivity contribution is 0.0905. The molecule has 1 fully saturated rings. The maximum absolute atomic E-state index is 12.1. The van der Waals surface area contributed by atoms with E-state index in [1.165, 1.54) is 4.90 Å². The van der Waals surface area contributed by atoms with Gasteiger partial charge in [-0.1, -0.05) is 35.4 Å². The predicted octanol–water partition coefficient (Wildman–Crippen LogP) is 2.46. The molecule has 112 valence electrons. The summed E-state index contributed by atoms with van der Waals surface area (Å²) in [6.07, 6.45) is -0.00973. The van der Waals surface area contributed by atoms with Crippen molar-refractivity contribution in [2.75, 3.05) is 13.1 Å². The molecule has 2 rings (SSSR count). The van der Waals surface area contributed by atoms with Crippen molar-refractivity contribution in [1.82, 2.24) is 4.90 Å². The molecule has 0 aliphatic carbocycles. The van der Waals surface area contributed by atoms with E-state index in [0.717, 1.165) is 5.56 Å². The number of likely N-dealkylation sites (tertiary alicyclic amines) is 1. The molecule has 1 aromatic rings. The van der Waals surface area contributed by atoms with Crippen LogP contribution in [-0.2, 0) is 11.3 Å². The lowest BCUT2D eigenvalue weighted by Crippen LogP contribution is -2.38. The third kappa shape index (κ3) is 4.37. The van der Waals surface area contributed by atoms with Crippen LogP contribution in [0.1, 0.15) is 18.4 Å². The van der Waals surface area contributed by atoms with E-state index in [2.05, 4.69) is 10.0 Å². The molecule has 0 spiro atoms. The van der Waals surface area contributed by atoms with Crippen LogP contribution in [0.4, 0.5) is 4.79 Å². The summed E-state index contributed by atoms with van der Waals surface area (Å²) in [5.74, 6) is 0. The van der Waals surface area contributed by atoms with Gasteiger partial charge < -0.3 is 14.7 Å². The van der Waals surface area contributed by atoms with Gasteiger partial charge >= 0.3 is 6.09 Å². The number of carbonyl (C=O) groups is 1. The quantitative estimate of drug-likeness (QED) is 0.526. The molecule has 0 radical (unpaired) electrons. The summed E-state index contributed by atoms with van der Waals surface area (Å²) in [6, 6.07) is 8.78. The second-order valence-corrected chi connectivity index (χ2v) is 4.97. The Bertz CT molecular complexity index is 516. The summed E-state index contributed by atoms with van der Waals surface area (Å²) >= 11 is 0. The molecule has 1 N–H and O–H groups in total. The van der Waals surface area contributed by atoms with Crippen LogP contribution in [-0.4, -0.2) is 41.3 Å². The number of rotatable bonds is 3. The van der Waals surface area contributed by atoms with E-state index in [0.29, 0.717) is 19.4 Å². The molecule has 0 bridgehead atoms. The van der Waals surface area contributed by atoms with Crippen LogP contribution in [0, 0.1) is 0 Å². The summed E-state index contributed by atoms with van der Waals surface area (Å²) in [5, 5.41) is 13.4. The van der Waals surface area contributed by atoms with Crippen molar-refractivity contribution < 1.29 is 14.6 Å². The Morgan fingerprint density at radius 1 is 1.48 bits per heavy atom. The van der Waals surface area contributed by atoms with Gasteiger partial charge in [0.1, 0.15) is 6.61 Å². The number of hydrogen-bond acceptors (Lipinski definition) is 4. The zero-order valence-electron chi connectivity index (χ0n) is 11.6. The first-order valence-electron chi connectivity index (χ1n) is 6.88. The molecule has 1 heterocycles. The lowest BCUT2D eigenvalue weighted by Gasteiger charge is -2.22. The fraction of sp³-hybridized carbons (Fsp3) is 0.500. The first-order valence-corrected chi connectivity index (χ1v) is 6.88. The van der Waals surface area contributed by atoms with Crippen LogP contribution >= 0.6 is 0 Å². The standard InChI is InChI=1S/C14H18N4O3/c15-17-16-12-9-18(8-4-7-13(12)19)14(20)21-10-11-5-2-1-3-6-11/h1-3,5-6,12-13,19H,4,7-10H2/t12-,13+/m0/s1. The first kappa shape index (κ1) is 15.2. The number of benzene rings is 1.